The molecule has 1 aromatic rings. The van der Waals surface area contributed by atoms with Gasteiger partial charge in [-0.15, -0.1) is 0 Å². The van der Waals surface area contributed by atoms with Crippen LogP contribution in [0.25, 0.3) is 0 Å². The third kappa shape index (κ3) is 4.76. The molecular formula is C18H29NO2. The lowest BCUT2D eigenvalue weighted by molar-refractivity contribution is 0.0950. The summed E-state index contributed by atoms with van der Waals surface area (Å²) in [6, 6.07) is 3.83. The minimum absolute atomic E-state index is 0.127. The first kappa shape index (κ1) is 17.5. The number of unbranched alkanes of at least 4 members (excludes halogenated alkanes) is 2. The Balaban J connectivity index is 3.01. The Labute approximate surface area is 128 Å². The van der Waals surface area contributed by atoms with Gasteiger partial charge in [-0.3, -0.25) is 4.79 Å². The number of benzene rings is 1. The van der Waals surface area contributed by atoms with E-state index >= 15 is 0 Å². The van der Waals surface area contributed by atoms with Crippen molar-refractivity contribution in [2.24, 2.45) is 0 Å². The zero-order valence-electron chi connectivity index (χ0n) is 14.0. The van der Waals surface area contributed by atoms with E-state index in [4.69, 9.17) is 0 Å². The number of hydrogen-bond acceptors (Lipinski definition) is 2. The summed E-state index contributed by atoms with van der Waals surface area (Å²) >= 11 is 0. The molecule has 3 heteroatoms. The van der Waals surface area contributed by atoms with E-state index in [1.165, 1.54) is 0 Å². The molecule has 3 nitrogen and oxygen atoms in total. The van der Waals surface area contributed by atoms with Crippen molar-refractivity contribution in [2.75, 3.05) is 6.54 Å². The van der Waals surface area contributed by atoms with Gasteiger partial charge in [0.15, 0.2) is 0 Å². The molecule has 0 atom stereocenters. The minimum Gasteiger partial charge on any atom is -0.507 e. The molecule has 0 saturated carbocycles. The van der Waals surface area contributed by atoms with E-state index in [2.05, 4.69) is 26.1 Å². The number of nitrogens with one attached hydrogen (secondary N) is 1. The van der Waals surface area contributed by atoms with Crippen LogP contribution in [0.5, 0.6) is 5.75 Å². The quantitative estimate of drug-likeness (QED) is 0.724. The van der Waals surface area contributed by atoms with Crippen molar-refractivity contribution in [1.82, 2.24) is 5.32 Å². The lowest BCUT2D eigenvalue weighted by Gasteiger charge is -2.17. The van der Waals surface area contributed by atoms with Crippen molar-refractivity contribution in [2.45, 2.75) is 65.7 Å². The highest BCUT2D eigenvalue weighted by Gasteiger charge is 2.18. The molecule has 1 aromatic carbocycles. The van der Waals surface area contributed by atoms with Crippen LogP contribution < -0.4 is 5.32 Å². The van der Waals surface area contributed by atoms with Gasteiger partial charge in [-0.2, -0.15) is 0 Å². The van der Waals surface area contributed by atoms with E-state index in [1.54, 1.807) is 0 Å². The summed E-state index contributed by atoms with van der Waals surface area (Å²) in [6.07, 6.45) is 3.21. The van der Waals surface area contributed by atoms with Crippen LogP contribution in [-0.4, -0.2) is 17.6 Å². The third-order valence-electron chi connectivity index (χ3n) is 3.76. The first-order chi connectivity index (χ1) is 9.88. The van der Waals surface area contributed by atoms with Crippen molar-refractivity contribution in [3.8, 4) is 5.75 Å². The molecule has 1 amide bonds. The maximum atomic E-state index is 12.3. The first-order valence-corrected chi connectivity index (χ1v) is 8.03. The molecule has 0 spiro atoms. The summed E-state index contributed by atoms with van der Waals surface area (Å²) in [5.74, 6) is 0.473. The highest BCUT2D eigenvalue weighted by Crippen LogP contribution is 2.32. The van der Waals surface area contributed by atoms with Gasteiger partial charge >= 0.3 is 0 Å². The van der Waals surface area contributed by atoms with Gasteiger partial charge in [0.25, 0.3) is 5.91 Å². The molecule has 2 N–H and O–H groups in total. The van der Waals surface area contributed by atoms with Gasteiger partial charge < -0.3 is 10.4 Å². The average Bonchev–Trinajstić information content (AvgIpc) is 2.43. The SMILES string of the molecule is CCCCCNC(=O)c1cc(C(C)C)cc(C(C)C)c1O. The number of rotatable bonds is 7. The van der Waals surface area contributed by atoms with Crippen LogP contribution in [0.4, 0.5) is 0 Å². The first-order valence-electron chi connectivity index (χ1n) is 8.03. The van der Waals surface area contributed by atoms with Crippen molar-refractivity contribution in [1.29, 1.82) is 0 Å². The van der Waals surface area contributed by atoms with Crippen LogP contribution >= 0.6 is 0 Å². The topological polar surface area (TPSA) is 49.3 Å². The Morgan fingerprint density at radius 2 is 1.81 bits per heavy atom. The van der Waals surface area contributed by atoms with Crippen LogP contribution in [0, 0.1) is 0 Å². The summed E-state index contributed by atoms with van der Waals surface area (Å²) in [5.41, 5.74) is 2.34. The van der Waals surface area contributed by atoms with E-state index in [0.717, 1.165) is 30.4 Å². The third-order valence-corrected chi connectivity index (χ3v) is 3.76. The second-order valence-electron chi connectivity index (χ2n) is 6.28. The second-order valence-corrected chi connectivity index (χ2v) is 6.28. The number of carbonyl (C=O) groups is 1. The number of amides is 1. The Kier molecular flexibility index (Phi) is 6.73. The fourth-order valence-electron chi connectivity index (χ4n) is 2.30. The Hall–Kier alpha value is -1.51. The molecule has 0 aromatic heterocycles. The number of phenols is 1. The highest BCUT2D eigenvalue weighted by molar-refractivity contribution is 5.97. The molecule has 0 saturated heterocycles. The van der Waals surface area contributed by atoms with Crippen molar-refractivity contribution < 1.29 is 9.90 Å². The van der Waals surface area contributed by atoms with Gasteiger partial charge in [-0.05, 0) is 35.4 Å². The largest absolute Gasteiger partial charge is 0.507 e. The standard InChI is InChI=1S/C18H29NO2/c1-6-7-8-9-19-18(21)16-11-14(12(2)3)10-15(13(4)5)17(16)20/h10-13,20H,6-9H2,1-5H3,(H,19,21). The van der Waals surface area contributed by atoms with Crippen LogP contribution in [0.2, 0.25) is 0 Å². The summed E-state index contributed by atoms with van der Waals surface area (Å²) in [4.78, 5) is 12.3. The molecule has 0 bridgehead atoms. The molecular weight excluding hydrogens is 262 g/mol. The fourth-order valence-corrected chi connectivity index (χ4v) is 2.30. The number of hydrogen-bond donors (Lipinski definition) is 2. The summed E-state index contributed by atoms with van der Waals surface area (Å²) in [7, 11) is 0. The molecule has 118 valence electrons. The van der Waals surface area contributed by atoms with Crippen molar-refractivity contribution in [3.05, 3.63) is 28.8 Å². The molecule has 21 heavy (non-hydrogen) atoms. The van der Waals surface area contributed by atoms with Gasteiger partial charge in [0.05, 0.1) is 5.56 Å². The Morgan fingerprint density at radius 1 is 1.14 bits per heavy atom. The number of aromatic hydroxyl groups is 1. The van der Waals surface area contributed by atoms with E-state index < -0.39 is 0 Å². The maximum Gasteiger partial charge on any atom is 0.255 e. The smallest absolute Gasteiger partial charge is 0.255 e. The number of phenolic OH excluding ortho intramolecular Hbond substituents is 1. The van der Waals surface area contributed by atoms with Crippen LogP contribution in [0.3, 0.4) is 0 Å². The summed E-state index contributed by atoms with van der Waals surface area (Å²) in [6.45, 7) is 11.0. The maximum absolute atomic E-state index is 12.3. The Morgan fingerprint density at radius 3 is 2.33 bits per heavy atom. The van der Waals surface area contributed by atoms with Gasteiger partial charge in [-0.25, -0.2) is 0 Å². The molecule has 0 aliphatic heterocycles. The zero-order chi connectivity index (χ0) is 16.0. The number of carbonyl (C=O) groups excluding carboxylic acids is 1. The minimum atomic E-state index is -0.173. The van der Waals surface area contributed by atoms with E-state index in [-0.39, 0.29) is 17.6 Å². The monoisotopic (exact) mass is 291 g/mol. The fraction of sp³-hybridized carbons (Fsp3) is 0.611. The van der Waals surface area contributed by atoms with E-state index in [0.29, 0.717) is 18.0 Å². The molecule has 0 aliphatic carbocycles. The molecule has 0 fully saturated rings. The van der Waals surface area contributed by atoms with Gasteiger partial charge in [-0.1, -0.05) is 53.5 Å². The van der Waals surface area contributed by atoms with E-state index in [1.807, 2.05) is 26.0 Å². The van der Waals surface area contributed by atoms with Crippen LogP contribution in [0.15, 0.2) is 12.1 Å². The summed E-state index contributed by atoms with van der Waals surface area (Å²) < 4.78 is 0. The lowest BCUT2D eigenvalue weighted by atomic mass is 9.91. The zero-order valence-corrected chi connectivity index (χ0v) is 14.0. The molecule has 0 unspecified atom stereocenters. The van der Waals surface area contributed by atoms with Crippen molar-refractivity contribution >= 4 is 5.91 Å². The van der Waals surface area contributed by atoms with Gasteiger partial charge in [0.1, 0.15) is 5.75 Å². The summed E-state index contributed by atoms with van der Waals surface area (Å²) in [5, 5.41) is 13.3. The van der Waals surface area contributed by atoms with Gasteiger partial charge in [0, 0.05) is 6.54 Å². The lowest BCUT2D eigenvalue weighted by Crippen LogP contribution is -2.25. The predicted octanol–water partition coefficient (Wildman–Crippen LogP) is 4.56. The second kappa shape index (κ2) is 8.06. The molecule has 0 heterocycles. The van der Waals surface area contributed by atoms with Crippen molar-refractivity contribution in [3.63, 3.8) is 0 Å². The Bertz CT molecular complexity index is 478. The van der Waals surface area contributed by atoms with E-state index in [9.17, 15) is 9.90 Å². The highest BCUT2D eigenvalue weighted by atomic mass is 16.3. The van der Waals surface area contributed by atoms with Crippen LogP contribution in [0.1, 0.15) is 87.2 Å². The molecule has 0 radical (unpaired) electrons. The predicted molar refractivity (Wildman–Crippen MR) is 88.1 cm³/mol. The van der Waals surface area contributed by atoms with Crippen LogP contribution in [-0.2, 0) is 0 Å². The van der Waals surface area contributed by atoms with Gasteiger partial charge in [0.2, 0.25) is 0 Å². The molecule has 1 rings (SSSR count). The average molecular weight is 291 g/mol. The normalized spacial score (nSPS) is 11.2. The molecule has 0 aliphatic rings.